The summed E-state index contributed by atoms with van der Waals surface area (Å²) in [5.74, 6) is -3.24. The minimum atomic E-state index is -5.08. The largest absolute Gasteiger partial charge is 0.490 e. The van der Waals surface area contributed by atoms with Gasteiger partial charge in [0.1, 0.15) is 5.82 Å². The van der Waals surface area contributed by atoms with Crippen LogP contribution in [0.3, 0.4) is 0 Å². The van der Waals surface area contributed by atoms with Crippen molar-refractivity contribution in [3.05, 3.63) is 47.7 Å². The van der Waals surface area contributed by atoms with Crippen molar-refractivity contribution in [2.45, 2.75) is 18.9 Å². The molecule has 3 heterocycles. The van der Waals surface area contributed by atoms with Crippen molar-refractivity contribution in [2.75, 3.05) is 45.3 Å². The first-order valence-electron chi connectivity index (χ1n) is 11.3. The van der Waals surface area contributed by atoms with Gasteiger partial charge in [-0.25, -0.2) is 14.6 Å². The van der Waals surface area contributed by atoms with Crippen molar-refractivity contribution in [1.29, 1.82) is 0 Å². The van der Waals surface area contributed by atoms with Crippen LogP contribution in [0.15, 0.2) is 36.5 Å². The lowest BCUT2D eigenvalue weighted by atomic mass is 10.1. The number of carboxylic acid groups (broad SMARTS) is 2. The number of anilines is 1. The molecule has 17 heteroatoms. The highest BCUT2D eigenvalue weighted by molar-refractivity contribution is 5.98. The Labute approximate surface area is 222 Å². The fourth-order valence-electron chi connectivity index (χ4n) is 3.35. The van der Waals surface area contributed by atoms with E-state index in [9.17, 15) is 31.1 Å². The van der Waals surface area contributed by atoms with Gasteiger partial charge in [0.25, 0.3) is 5.91 Å². The number of alkyl halides is 6. The smallest absolute Gasteiger partial charge is 0.475 e. The van der Waals surface area contributed by atoms with E-state index in [0.717, 1.165) is 31.1 Å². The molecule has 1 saturated heterocycles. The fourth-order valence-corrected chi connectivity index (χ4v) is 3.35. The summed E-state index contributed by atoms with van der Waals surface area (Å²) in [7, 11) is 1.78. The molecule has 0 spiro atoms. The second-order valence-corrected chi connectivity index (χ2v) is 8.01. The standard InChI is InChI=1S/C19H22N4O3.2C2HF3O2/c1-20-18-15(3-2-6-21-18)19(24)23-9-7-22(8-10-23)12-14-4-5-16-17(11-14)26-13-25-16;2*3-2(4,5)1(6)7/h2-6,11H,7-10,12-13H2,1H3,(H,20,21);2*(H,6,7). The van der Waals surface area contributed by atoms with Crippen molar-refractivity contribution >= 4 is 23.7 Å². The normalized spacial score (nSPS) is 14.7. The Kier molecular flexibility index (Phi) is 10.9. The monoisotopic (exact) mass is 582 g/mol. The summed E-state index contributed by atoms with van der Waals surface area (Å²) in [6.07, 6.45) is -8.48. The summed E-state index contributed by atoms with van der Waals surface area (Å²) < 4.78 is 74.3. The molecule has 40 heavy (non-hydrogen) atoms. The Morgan fingerprint density at radius 1 is 0.925 bits per heavy atom. The highest BCUT2D eigenvalue weighted by atomic mass is 19.4. The number of piperazine rings is 1. The number of carbonyl (C=O) groups is 3. The SMILES string of the molecule is CNc1ncccc1C(=O)N1CCN(Cc2ccc3c(c2)OCO3)CC1.O=C(O)C(F)(F)F.O=C(O)C(F)(F)F. The molecule has 11 nitrogen and oxygen atoms in total. The van der Waals surface area contributed by atoms with E-state index in [0.29, 0.717) is 31.3 Å². The van der Waals surface area contributed by atoms with Gasteiger partial charge in [0, 0.05) is 46.0 Å². The number of ether oxygens (including phenoxy) is 2. The third-order valence-corrected chi connectivity index (χ3v) is 5.26. The van der Waals surface area contributed by atoms with Gasteiger partial charge in [-0.1, -0.05) is 6.07 Å². The lowest BCUT2D eigenvalue weighted by Gasteiger charge is -2.35. The number of benzene rings is 1. The van der Waals surface area contributed by atoms with Crippen molar-refractivity contribution in [1.82, 2.24) is 14.8 Å². The van der Waals surface area contributed by atoms with E-state index in [-0.39, 0.29) is 5.91 Å². The number of rotatable bonds is 4. The number of aromatic nitrogens is 1. The predicted molar refractivity (Wildman–Crippen MR) is 125 cm³/mol. The van der Waals surface area contributed by atoms with Gasteiger partial charge in [0.15, 0.2) is 11.5 Å². The molecule has 0 atom stereocenters. The van der Waals surface area contributed by atoms with Gasteiger partial charge in [-0.15, -0.1) is 0 Å². The highest BCUT2D eigenvalue weighted by Gasteiger charge is 2.38. The molecule has 1 aromatic heterocycles. The molecule has 0 radical (unpaired) electrons. The van der Waals surface area contributed by atoms with Crippen LogP contribution >= 0.6 is 0 Å². The van der Waals surface area contributed by atoms with Gasteiger partial charge in [-0.05, 0) is 29.8 Å². The molecule has 3 N–H and O–H groups in total. The molecule has 1 amide bonds. The van der Waals surface area contributed by atoms with Crippen LogP contribution in [0, 0.1) is 0 Å². The Balaban J connectivity index is 0.000000333. The summed E-state index contributed by atoms with van der Waals surface area (Å²) >= 11 is 0. The molecule has 0 aliphatic carbocycles. The maximum absolute atomic E-state index is 12.8. The van der Waals surface area contributed by atoms with E-state index in [1.807, 2.05) is 23.1 Å². The van der Waals surface area contributed by atoms with Crippen molar-refractivity contribution in [3.8, 4) is 11.5 Å². The zero-order valence-electron chi connectivity index (χ0n) is 20.8. The van der Waals surface area contributed by atoms with Crippen molar-refractivity contribution in [3.63, 3.8) is 0 Å². The van der Waals surface area contributed by atoms with Crippen LogP contribution < -0.4 is 14.8 Å². The molecule has 1 fully saturated rings. The summed E-state index contributed by atoms with van der Waals surface area (Å²) in [5.41, 5.74) is 1.82. The van der Waals surface area contributed by atoms with Gasteiger partial charge >= 0.3 is 24.3 Å². The predicted octanol–water partition coefficient (Wildman–Crippen LogP) is 3.08. The Bertz CT molecular complexity index is 1160. The van der Waals surface area contributed by atoms with E-state index in [1.54, 1.807) is 19.3 Å². The van der Waals surface area contributed by atoms with E-state index in [1.165, 1.54) is 5.56 Å². The topological polar surface area (TPSA) is 142 Å². The quantitative estimate of drug-likeness (QED) is 0.461. The third kappa shape index (κ3) is 9.48. The zero-order valence-corrected chi connectivity index (χ0v) is 20.8. The van der Waals surface area contributed by atoms with Gasteiger partial charge in [-0.2, -0.15) is 26.3 Å². The van der Waals surface area contributed by atoms with E-state index >= 15 is 0 Å². The number of nitrogens with one attached hydrogen (secondary N) is 1. The number of amides is 1. The van der Waals surface area contributed by atoms with Crippen LogP contribution in [0.2, 0.25) is 0 Å². The van der Waals surface area contributed by atoms with Crippen molar-refractivity contribution in [2.24, 2.45) is 0 Å². The van der Waals surface area contributed by atoms with Crippen LogP contribution in [0.5, 0.6) is 11.5 Å². The average Bonchev–Trinajstić information content (AvgIpc) is 3.36. The number of fused-ring (bicyclic) bond motifs is 1. The third-order valence-electron chi connectivity index (χ3n) is 5.26. The molecule has 0 saturated carbocycles. The molecule has 4 rings (SSSR count). The van der Waals surface area contributed by atoms with E-state index < -0.39 is 24.3 Å². The number of halogens is 6. The fraction of sp³-hybridized carbons (Fsp3) is 0.391. The van der Waals surface area contributed by atoms with Gasteiger partial charge in [0.2, 0.25) is 6.79 Å². The highest BCUT2D eigenvalue weighted by Crippen LogP contribution is 2.33. The molecule has 2 aromatic rings. The number of pyridine rings is 1. The van der Waals surface area contributed by atoms with Crippen molar-refractivity contribution < 1.29 is 60.4 Å². The molecule has 1 aromatic carbocycles. The first-order valence-corrected chi connectivity index (χ1v) is 11.3. The molecular weight excluding hydrogens is 558 g/mol. The van der Waals surface area contributed by atoms with Gasteiger partial charge in [0.05, 0.1) is 5.56 Å². The summed E-state index contributed by atoms with van der Waals surface area (Å²) in [6, 6.07) is 9.68. The average molecular weight is 582 g/mol. The van der Waals surface area contributed by atoms with Crippen LogP contribution in [-0.2, 0) is 16.1 Å². The first-order chi connectivity index (χ1) is 18.6. The number of carboxylic acids is 2. The lowest BCUT2D eigenvalue weighted by Crippen LogP contribution is -2.48. The Morgan fingerprint density at radius 3 is 2.00 bits per heavy atom. The van der Waals surface area contributed by atoms with Crippen LogP contribution in [0.25, 0.3) is 0 Å². The van der Waals surface area contributed by atoms with E-state index in [2.05, 4.69) is 21.3 Å². The maximum atomic E-state index is 12.8. The number of aliphatic carboxylic acids is 2. The molecule has 0 bridgehead atoms. The lowest BCUT2D eigenvalue weighted by molar-refractivity contribution is -0.193. The van der Waals surface area contributed by atoms with Gasteiger partial charge < -0.3 is 29.9 Å². The molecular formula is C23H24F6N4O7. The Hall–Kier alpha value is -4.28. The maximum Gasteiger partial charge on any atom is 0.490 e. The van der Waals surface area contributed by atoms with E-state index in [4.69, 9.17) is 29.3 Å². The Morgan fingerprint density at radius 2 is 1.48 bits per heavy atom. The molecule has 220 valence electrons. The minimum absolute atomic E-state index is 0.0326. The second kappa shape index (κ2) is 13.7. The zero-order chi connectivity index (χ0) is 30.1. The summed E-state index contributed by atoms with van der Waals surface area (Å²) in [5, 5.41) is 17.2. The number of hydrogen-bond donors (Lipinski definition) is 3. The summed E-state index contributed by atoms with van der Waals surface area (Å²) in [4.78, 5) is 39.0. The minimum Gasteiger partial charge on any atom is -0.475 e. The molecule has 2 aliphatic heterocycles. The molecule has 0 unspecified atom stereocenters. The number of nitrogens with zero attached hydrogens (tertiary/aromatic N) is 3. The summed E-state index contributed by atoms with van der Waals surface area (Å²) in [6.45, 7) is 4.24. The first kappa shape index (κ1) is 31.9. The second-order valence-electron chi connectivity index (χ2n) is 8.01. The number of carbonyl (C=O) groups excluding carboxylic acids is 1. The number of hydrogen-bond acceptors (Lipinski definition) is 8. The van der Waals surface area contributed by atoms with Crippen LogP contribution in [-0.4, -0.2) is 95.2 Å². The van der Waals surface area contributed by atoms with Gasteiger partial charge in [-0.3, -0.25) is 9.69 Å². The molecule has 2 aliphatic rings. The van der Waals surface area contributed by atoms with Crippen LogP contribution in [0.1, 0.15) is 15.9 Å². The van der Waals surface area contributed by atoms with Crippen LogP contribution in [0.4, 0.5) is 32.2 Å².